The number of carbonyl (C=O) groups is 3. The molecule has 0 aliphatic carbocycles. The monoisotopic (exact) mass is 400 g/mol. The summed E-state index contributed by atoms with van der Waals surface area (Å²) in [5.41, 5.74) is -0.554. The second kappa shape index (κ2) is 7.47. The number of ketones is 1. The zero-order valence-corrected chi connectivity index (χ0v) is 15.6. The van der Waals surface area contributed by atoms with Crippen molar-refractivity contribution in [3.63, 3.8) is 0 Å². The molecular weight excluding hydrogens is 386 g/mol. The molecule has 1 aromatic carbocycles. The number of hydrogen-bond donors (Lipinski definition) is 2. The van der Waals surface area contributed by atoms with Crippen molar-refractivity contribution in [3.8, 4) is 0 Å². The van der Waals surface area contributed by atoms with Crippen LogP contribution in [-0.2, 0) is 4.79 Å². The van der Waals surface area contributed by atoms with Gasteiger partial charge < -0.3 is 15.1 Å². The number of carbonyl (C=O) groups excluding carboxylic acids is 3. The van der Waals surface area contributed by atoms with Crippen LogP contribution in [-0.4, -0.2) is 23.1 Å². The number of halogens is 3. The Labute approximate surface area is 158 Å². The molecule has 2 amide bonds. The average Bonchev–Trinajstić information content (AvgIpc) is 2.90. The van der Waals surface area contributed by atoms with Crippen molar-refractivity contribution in [1.29, 1.82) is 0 Å². The van der Waals surface area contributed by atoms with E-state index < -0.39 is 29.0 Å². The molecule has 1 aromatic heterocycles. The fraction of sp³-hybridized carbons (Fsp3) is 0.235. The van der Waals surface area contributed by atoms with Crippen LogP contribution in [0.25, 0.3) is 0 Å². The van der Waals surface area contributed by atoms with Crippen molar-refractivity contribution in [3.05, 3.63) is 51.6 Å². The van der Waals surface area contributed by atoms with Gasteiger partial charge in [-0.15, -0.1) is 0 Å². The molecule has 0 bridgehead atoms. The minimum atomic E-state index is -0.967. The zero-order chi connectivity index (χ0) is 19.6. The zero-order valence-electron chi connectivity index (χ0n) is 14.1. The number of rotatable bonds is 4. The summed E-state index contributed by atoms with van der Waals surface area (Å²) < 4.78 is 18.2. The minimum absolute atomic E-state index is 0.154. The maximum absolute atomic E-state index is 13.2. The molecular formula is C17H15Cl2FN2O4. The van der Waals surface area contributed by atoms with Crippen LogP contribution in [0.3, 0.4) is 0 Å². The van der Waals surface area contributed by atoms with Crippen molar-refractivity contribution in [2.24, 2.45) is 0 Å². The number of nitrogens with one attached hydrogen (secondary N) is 2. The van der Waals surface area contributed by atoms with Gasteiger partial charge in [-0.25, -0.2) is 4.39 Å². The van der Waals surface area contributed by atoms with Crippen molar-refractivity contribution in [1.82, 2.24) is 5.32 Å². The van der Waals surface area contributed by atoms with E-state index in [2.05, 4.69) is 10.6 Å². The predicted octanol–water partition coefficient (Wildman–Crippen LogP) is 4.08. The summed E-state index contributed by atoms with van der Waals surface area (Å²) in [6.07, 6.45) is 0. The summed E-state index contributed by atoms with van der Waals surface area (Å²) in [6.45, 7) is 5.12. The van der Waals surface area contributed by atoms with Crippen molar-refractivity contribution < 1.29 is 23.2 Å². The smallest absolute Gasteiger partial charge is 0.296 e. The van der Waals surface area contributed by atoms with E-state index in [-0.39, 0.29) is 27.3 Å². The number of anilines is 1. The van der Waals surface area contributed by atoms with Crippen LogP contribution in [0.4, 0.5) is 10.1 Å². The first-order valence-electron chi connectivity index (χ1n) is 7.40. The molecule has 2 N–H and O–H groups in total. The molecule has 0 saturated carbocycles. The first-order chi connectivity index (χ1) is 12.0. The molecule has 0 atom stereocenters. The number of benzene rings is 1. The quantitative estimate of drug-likeness (QED) is 0.597. The summed E-state index contributed by atoms with van der Waals surface area (Å²) in [4.78, 5) is 36.3. The molecule has 2 aromatic rings. The highest BCUT2D eigenvalue weighted by Gasteiger charge is 2.27. The van der Waals surface area contributed by atoms with E-state index in [1.54, 1.807) is 20.8 Å². The second-order valence-electron chi connectivity index (χ2n) is 6.41. The Kier molecular flexibility index (Phi) is 5.73. The van der Waals surface area contributed by atoms with Gasteiger partial charge in [0.1, 0.15) is 5.82 Å². The van der Waals surface area contributed by atoms with Gasteiger partial charge in [0.05, 0.1) is 10.6 Å². The lowest BCUT2D eigenvalue weighted by molar-refractivity contribution is -0.118. The fourth-order valence-corrected chi connectivity index (χ4v) is 2.32. The van der Waals surface area contributed by atoms with Gasteiger partial charge in [0, 0.05) is 17.3 Å². The van der Waals surface area contributed by atoms with Gasteiger partial charge in [0.2, 0.25) is 5.22 Å². The molecule has 1 heterocycles. The molecule has 0 radical (unpaired) electrons. The first-order valence-corrected chi connectivity index (χ1v) is 8.16. The van der Waals surface area contributed by atoms with Crippen LogP contribution in [0.2, 0.25) is 10.2 Å². The normalized spacial score (nSPS) is 11.2. The Balaban J connectivity index is 2.18. The number of hydrogen-bond acceptors (Lipinski definition) is 4. The van der Waals surface area contributed by atoms with Crippen LogP contribution in [0.5, 0.6) is 0 Å². The number of Topliss-reactive ketones (excluding diaryl/α,β-unsaturated/α-hetero) is 1. The van der Waals surface area contributed by atoms with E-state index in [0.29, 0.717) is 0 Å². The molecule has 0 saturated heterocycles. The molecule has 6 nitrogen and oxygen atoms in total. The molecule has 2 rings (SSSR count). The Morgan fingerprint density at radius 3 is 2.35 bits per heavy atom. The summed E-state index contributed by atoms with van der Waals surface area (Å²) in [5, 5.41) is 4.40. The Hall–Kier alpha value is -2.38. The summed E-state index contributed by atoms with van der Waals surface area (Å²) in [6, 6.07) is 4.66. The van der Waals surface area contributed by atoms with Gasteiger partial charge in [-0.1, -0.05) is 11.6 Å². The highest BCUT2D eigenvalue weighted by atomic mass is 35.5. The van der Waals surface area contributed by atoms with Gasteiger partial charge >= 0.3 is 0 Å². The van der Waals surface area contributed by atoms with Crippen LogP contribution < -0.4 is 10.6 Å². The lowest BCUT2D eigenvalue weighted by atomic mass is 10.1. The highest BCUT2D eigenvalue weighted by Crippen LogP contribution is 2.24. The molecule has 9 heteroatoms. The average molecular weight is 401 g/mol. The summed E-state index contributed by atoms with van der Waals surface area (Å²) in [5.74, 6) is -3.58. The van der Waals surface area contributed by atoms with Crippen molar-refractivity contribution in [2.45, 2.75) is 26.3 Å². The molecule has 0 aliphatic rings. The SMILES string of the molecule is CC(C)(C)NC(=O)C(=O)c1cc(C(=O)Nc2ccc(F)c(Cl)c2)c(Cl)o1. The predicted molar refractivity (Wildman–Crippen MR) is 95.3 cm³/mol. The standard InChI is InChI=1S/C17H15Cl2FN2O4/c1-17(2,3)22-16(25)13(23)12-7-9(14(19)26-12)15(24)21-8-4-5-11(20)10(18)6-8/h4-7H,1-3H3,(H,21,24)(H,22,25). The van der Waals surface area contributed by atoms with Crippen LogP contribution in [0.1, 0.15) is 41.7 Å². The molecule has 0 spiro atoms. The third kappa shape index (κ3) is 4.83. The summed E-state index contributed by atoms with van der Waals surface area (Å²) >= 11 is 11.5. The largest absolute Gasteiger partial charge is 0.440 e. The number of furan rings is 1. The van der Waals surface area contributed by atoms with E-state index in [1.165, 1.54) is 12.1 Å². The van der Waals surface area contributed by atoms with Gasteiger partial charge in [-0.05, 0) is 50.6 Å². The summed E-state index contributed by atoms with van der Waals surface area (Å²) in [7, 11) is 0. The van der Waals surface area contributed by atoms with Crippen molar-refractivity contribution >= 4 is 46.5 Å². The Morgan fingerprint density at radius 1 is 1.12 bits per heavy atom. The van der Waals surface area contributed by atoms with E-state index in [0.717, 1.165) is 12.1 Å². The Morgan fingerprint density at radius 2 is 1.77 bits per heavy atom. The third-order valence-corrected chi connectivity index (χ3v) is 3.60. The first kappa shape index (κ1) is 19.9. The van der Waals surface area contributed by atoms with Crippen LogP contribution in [0.15, 0.2) is 28.7 Å². The van der Waals surface area contributed by atoms with Crippen molar-refractivity contribution in [2.75, 3.05) is 5.32 Å². The van der Waals surface area contributed by atoms with Gasteiger partial charge in [-0.2, -0.15) is 0 Å². The molecule has 0 aliphatic heterocycles. The van der Waals surface area contributed by atoms with E-state index in [4.69, 9.17) is 27.6 Å². The van der Waals surface area contributed by atoms with E-state index >= 15 is 0 Å². The maximum atomic E-state index is 13.2. The third-order valence-electron chi connectivity index (χ3n) is 3.03. The fourth-order valence-electron chi connectivity index (χ4n) is 1.92. The topological polar surface area (TPSA) is 88.4 Å². The highest BCUT2D eigenvalue weighted by molar-refractivity contribution is 6.43. The lowest BCUT2D eigenvalue weighted by Gasteiger charge is -2.19. The second-order valence-corrected chi connectivity index (χ2v) is 7.16. The van der Waals surface area contributed by atoms with Crippen LogP contribution in [0, 0.1) is 5.82 Å². The van der Waals surface area contributed by atoms with Gasteiger partial charge in [-0.3, -0.25) is 14.4 Å². The molecule has 0 fully saturated rings. The van der Waals surface area contributed by atoms with Gasteiger partial charge in [0.25, 0.3) is 17.6 Å². The minimum Gasteiger partial charge on any atom is -0.440 e. The molecule has 26 heavy (non-hydrogen) atoms. The maximum Gasteiger partial charge on any atom is 0.296 e. The lowest BCUT2D eigenvalue weighted by Crippen LogP contribution is -2.44. The number of amides is 2. The Bertz CT molecular complexity index is 887. The van der Waals surface area contributed by atoms with Crippen LogP contribution >= 0.6 is 23.2 Å². The molecule has 138 valence electrons. The van der Waals surface area contributed by atoms with E-state index in [1.807, 2.05) is 0 Å². The van der Waals surface area contributed by atoms with E-state index in [9.17, 15) is 18.8 Å². The van der Waals surface area contributed by atoms with Gasteiger partial charge in [0.15, 0.2) is 5.76 Å². The molecule has 0 unspecified atom stereocenters.